The molecule has 0 radical (unpaired) electrons. The summed E-state index contributed by atoms with van der Waals surface area (Å²) in [5.41, 5.74) is 4.52. The van der Waals surface area contributed by atoms with Crippen molar-refractivity contribution in [2.24, 2.45) is 22.7 Å². The Hall–Kier alpha value is -8.33. The molecule has 23 nitrogen and oxygen atoms in total. The number of ketones is 2. The van der Waals surface area contributed by atoms with Gasteiger partial charge in [-0.15, -0.1) is 11.3 Å². The van der Waals surface area contributed by atoms with E-state index in [1.54, 1.807) is 50.2 Å². The molecular formula is C92H136FN13O10S. The summed E-state index contributed by atoms with van der Waals surface area (Å²) in [5.74, 6) is -1.40. The first kappa shape index (κ1) is 94.2. The SMILES string of the molecule is CC[C@@H](NC(=O)[C@@H]1C[C@H](NC(C)(C)C)CN1C(=O)[C@@H](NC(=O)[C@H](C)NC)C(C)(C)C)c1ccccc1.CN[C@@H](C)C(=O)C[C@H](C(=O)N1CCC[C@H]1c1nc(C(=O)c2ccc(F)cc2)cs1)C1CCN(C(C)(C)C)CC1.CN[C@@H](C)C(=O)N[C@H](C(=O)N1Cc2cc(OC(C)(C)C)ccc2C[C@H]1C(=O)N[C@@H]1CCCc2ccccc21)C(C)(C)C. The molecule has 117 heavy (non-hydrogen) atoms. The number of rotatable bonds is 25. The molecule has 8 N–H and O–H groups in total. The number of carbonyl (C=O) groups excluding carboxylic acids is 9. The second kappa shape index (κ2) is 40.6. The molecule has 0 unspecified atom stereocenters. The highest BCUT2D eigenvalue weighted by molar-refractivity contribution is 7.10. The van der Waals surface area contributed by atoms with Gasteiger partial charge in [-0.25, -0.2) is 9.37 Å². The van der Waals surface area contributed by atoms with Crippen molar-refractivity contribution in [1.29, 1.82) is 0 Å². The van der Waals surface area contributed by atoms with E-state index < -0.39 is 52.9 Å². The zero-order valence-electron chi connectivity index (χ0n) is 73.7. The van der Waals surface area contributed by atoms with Gasteiger partial charge in [0.05, 0.1) is 36.3 Å². The first-order chi connectivity index (χ1) is 54.8. The number of benzene rings is 4. The number of Topliss-reactive ketones (excluding diaryl/α,β-unsaturated/α-hetero) is 1. The monoisotopic (exact) mass is 1630 g/mol. The van der Waals surface area contributed by atoms with Crippen LogP contribution in [-0.2, 0) is 57.7 Å². The van der Waals surface area contributed by atoms with Gasteiger partial charge in [-0.1, -0.05) is 109 Å². The highest BCUT2D eigenvalue weighted by atomic mass is 32.1. The molecule has 1 aromatic heterocycles. The van der Waals surface area contributed by atoms with Gasteiger partial charge in [-0.3, -0.25) is 48.1 Å². The highest BCUT2D eigenvalue weighted by Crippen LogP contribution is 2.41. The van der Waals surface area contributed by atoms with Gasteiger partial charge in [0.2, 0.25) is 47.1 Å². The fourth-order valence-corrected chi connectivity index (χ4v) is 17.2. The lowest BCUT2D eigenvalue weighted by Gasteiger charge is -2.43. The Morgan fingerprint density at radius 1 is 0.607 bits per heavy atom. The van der Waals surface area contributed by atoms with E-state index in [1.165, 1.54) is 41.2 Å². The molecule has 4 aromatic carbocycles. The molecule has 7 amide bonds. The molecule has 4 aliphatic heterocycles. The number of fused-ring (bicyclic) bond motifs is 2. The van der Waals surface area contributed by atoms with Crippen LogP contribution >= 0.6 is 11.3 Å². The van der Waals surface area contributed by atoms with E-state index in [-0.39, 0.29) is 125 Å². The fraction of sp³-hybridized carbons (Fsp3) is 0.609. The van der Waals surface area contributed by atoms with Gasteiger partial charge >= 0.3 is 0 Å². The average Bonchev–Trinajstić information content (AvgIpc) is 1.79. The van der Waals surface area contributed by atoms with Crippen LogP contribution in [0.5, 0.6) is 5.75 Å². The van der Waals surface area contributed by atoms with Crippen LogP contribution in [0.15, 0.2) is 102 Å². The van der Waals surface area contributed by atoms with Crippen LogP contribution < -0.4 is 47.3 Å². The topological polar surface area (TPSA) is 285 Å². The molecule has 3 fully saturated rings. The number of thiazole rings is 1. The second-order valence-electron chi connectivity index (χ2n) is 37.7. The lowest BCUT2D eigenvalue weighted by Crippen LogP contribution is -2.62. The summed E-state index contributed by atoms with van der Waals surface area (Å²) in [7, 11) is 5.18. The summed E-state index contributed by atoms with van der Waals surface area (Å²) in [5, 5.41) is 27.3. The van der Waals surface area contributed by atoms with E-state index in [0.29, 0.717) is 37.2 Å². The van der Waals surface area contributed by atoms with Crippen molar-refractivity contribution in [1.82, 2.24) is 67.1 Å². The molecule has 0 spiro atoms. The van der Waals surface area contributed by atoms with Crippen LogP contribution in [0.4, 0.5) is 4.39 Å². The van der Waals surface area contributed by atoms with Crippen LogP contribution in [-0.4, -0.2) is 190 Å². The molecule has 3 saturated heterocycles. The maximum atomic E-state index is 14.4. The predicted molar refractivity (Wildman–Crippen MR) is 461 cm³/mol. The van der Waals surface area contributed by atoms with Crippen molar-refractivity contribution in [2.75, 3.05) is 47.3 Å². The third-order valence-corrected chi connectivity index (χ3v) is 24.2. The van der Waals surface area contributed by atoms with Crippen molar-refractivity contribution in [2.45, 2.75) is 292 Å². The molecule has 0 bridgehead atoms. The van der Waals surface area contributed by atoms with Crippen LogP contribution in [0.1, 0.15) is 256 Å². The van der Waals surface area contributed by atoms with Crippen molar-refractivity contribution in [3.63, 3.8) is 0 Å². The fourth-order valence-electron chi connectivity index (χ4n) is 16.2. The van der Waals surface area contributed by atoms with Crippen molar-refractivity contribution in [3.8, 4) is 5.75 Å². The molecule has 0 saturated carbocycles. The van der Waals surface area contributed by atoms with Gasteiger partial charge < -0.3 is 62.0 Å². The number of likely N-dealkylation sites (tertiary alicyclic amines) is 3. The minimum Gasteiger partial charge on any atom is -0.488 e. The van der Waals surface area contributed by atoms with Crippen LogP contribution in [0.2, 0.25) is 0 Å². The number of piperidine rings is 1. The molecule has 5 aromatic rings. The number of aryl methyl sites for hydroxylation is 1. The van der Waals surface area contributed by atoms with E-state index in [1.807, 2.05) is 142 Å². The summed E-state index contributed by atoms with van der Waals surface area (Å²) in [4.78, 5) is 134. The Morgan fingerprint density at radius 3 is 1.76 bits per heavy atom. The van der Waals surface area contributed by atoms with Gasteiger partial charge in [0.1, 0.15) is 57.8 Å². The minimum atomic E-state index is -0.818. The standard InChI is InChI=1S/C34H48N4O4.C30H41FN4O3S.C28H47N5O3/c1-21(35-8)30(39)37-29(33(2,3)4)32(41)38-20-24-18-25(42-34(5,6)7)17-16-23(24)19-28(38)31(40)36-27-15-11-13-22-12-9-10-14-26(22)27;1-19(32-5)26(36)17-23(20-12-15-34(16-13-20)30(2,3)4)29(38)35-14-6-7-25(35)28-33-24(18-39-28)27(37)21-8-10-22(31)11-9-21;1-10-21(19-14-12-11-13-15-19)30-25(35)22-16-20(32-28(6,7)8)17-33(22)26(36)23(27(3,4)5)31-24(34)18(2)29-9/h9-10,12,14,16-18,21,27-29,35H,11,13,15,19-20H2,1-8H3,(H,36,40)(H,37,39);8-11,18-20,23,25,32H,6-7,12-17H2,1-5H3;11-15,18,20-23,29,32H,10,16-17H2,1-9H3,(H,30,35)(H,31,34)/t21-,27+,28-,29+;19-,23-,25-;18-,20-,21+,22-,23+/m000/s1. The van der Waals surface area contributed by atoms with Gasteiger partial charge in [0, 0.05) is 66.5 Å². The molecular weight excluding hydrogens is 1500 g/mol. The van der Waals surface area contributed by atoms with Crippen LogP contribution in [0.3, 0.4) is 0 Å². The van der Waals surface area contributed by atoms with Crippen LogP contribution in [0.25, 0.3) is 0 Å². The van der Waals surface area contributed by atoms with Crippen molar-refractivity contribution < 1.29 is 52.3 Å². The summed E-state index contributed by atoms with van der Waals surface area (Å²) >= 11 is 1.38. The number of nitrogens with one attached hydrogen (secondary N) is 8. The number of carbonyl (C=O) groups is 9. The summed E-state index contributed by atoms with van der Waals surface area (Å²) in [6.07, 6.45) is 8.13. The average molecular weight is 1640 g/mol. The minimum absolute atomic E-state index is 0.0324. The summed E-state index contributed by atoms with van der Waals surface area (Å²) in [6.45, 7) is 40.9. The van der Waals surface area contributed by atoms with E-state index in [0.717, 1.165) is 97.5 Å². The lowest BCUT2D eigenvalue weighted by atomic mass is 9.79. The normalized spacial score (nSPS) is 20.5. The third kappa shape index (κ3) is 25.6. The van der Waals surface area contributed by atoms with Crippen molar-refractivity contribution >= 4 is 64.3 Å². The van der Waals surface area contributed by atoms with Gasteiger partial charge in [0.15, 0.2) is 0 Å². The Balaban J connectivity index is 0.000000220. The summed E-state index contributed by atoms with van der Waals surface area (Å²) in [6, 6.07) is 24.9. The Kier molecular flexibility index (Phi) is 32.7. The first-order valence-electron chi connectivity index (χ1n) is 42.2. The zero-order valence-corrected chi connectivity index (χ0v) is 74.6. The number of likely N-dealkylation sites (N-methyl/N-ethyl adjacent to an activating group) is 3. The zero-order chi connectivity index (χ0) is 86.4. The predicted octanol–water partition coefficient (Wildman–Crippen LogP) is 12.1. The van der Waals surface area contributed by atoms with E-state index in [9.17, 15) is 47.5 Å². The van der Waals surface area contributed by atoms with E-state index >= 15 is 0 Å². The van der Waals surface area contributed by atoms with E-state index in [4.69, 9.17) is 4.74 Å². The smallest absolute Gasteiger partial charge is 0.246 e. The maximum Gasteiger partial charge on any atom is 0.246 e. The molecule has 5 heterocycles. The Labute approximate surface area is 699 Å². The quantitative estimate of drug-likeness (QED) is 0.0252. The van der Waals surface area contributed by atoms with E-state index in [2.05, 4.69) is 106 Å². The number of nitrogens with zero attached hydrogens (tertiary/aromatic N) is 5. The molecule has 1 aliphatic carbocycles. The first-order valence-corrected chi connectivity index (χ1v) is 43.1. The molecule has 12 atom stereocenters. The number of aromatic nitrogens is 1. The molecule has 5 aliphatic rings. The number of ether oxygens (including phenoxy) is 1. The number of halogens is 1. The van der Waals surface area contributed by atoms with Crippen molar-refractivity contribution in [3.05, 3.63) is 152 Å². The Morgan fingerprint density at radius 2 is 1.20 bits per heavy atom. The number of hydrogen-bond acceptors (Lipinski definition) is 17. The number of hydrogen-bond donors (Lipinski definition) is 8. The molecule has 10 rings (SSSR count). The van der Waals surface area contributed by atoms with Gasteiger partial charge in [0.25, 0.3) is 0 Å². The lowest BCUT2D eigenvalue weighted by molar-refractivity contribution is -0.147. The highest BCUT2D eigenvalue weighted by Gasteiger charge is 2.48. The van der Waals surface area contributed by atoms with Crippen LogP contribution in [0, 0.1) is 28.5 Å². The maximum absolute atomic E-state index is 14.4. The van der Waals surface area contributed by atoms with Gasteiger partial charge in [-0.05, 0) is 256 Å². The molecule has 642 valence electrons. The van der Waals surface area contributed by atoms with Gasteiger partial charge in [-0.2, -0.15) is 0 Å². The number of amides is 7. The second-order valence-corrected chi connectivity index (χ2v) is 38.6. The summed E-state index contributed by atoms with van der Waals surface area (Å²) < 4.78 is 19.4. The largest absolute Gasteiger partial charge is 0.488 e. The third-order valence-electron chi connectivity index (χ3n) is 23.3. The Bertz CT molecular complexity index is 4210. The molecule has 25 heteroatoms.